The van der Waals surface area contributed by atoms with Crippen LogP contribution in [0.3, 0.4) is 0 Å². The van der Waals surface area contributed by atoms with E-state index >= 15 is 0 Å². The Morgan fingerprint density at radius 2 is 1.91 bits per heavy atom. The zero-order valence-electron chi connectivity index (χ0n) is 13.8. The fourth-order valence-electron chi connectivity index (χ4n) is 3.48. The molecule has 1 aromatic heterocycles. The highest BCUT2D eigenvalue weighted by Crippen LogP contribution is 2.39. The van der Waals surface area contributed by atoms with E-state index in [0.717, 1.165) is 63.8 Å². The maximum absolute atomic E-state index is 5.83. The molecule has 6 nitrogen and oxygen atoms in total. The van der Waals surface area contributed by atoms with Crippen LogP contribution in [-0.4, -0.2) is 54.2 Å². The topological polar surface area (TPSA) is 60.6 Å². The minimum absolute atomic E-state index is 0.0291. The molecule has 4 rings (SSSR count). The molecule has 0 bridgehead atoms. The van der Waals surface area contributed by atoms with Crippen molar-refractivity contribution < 1.29 is 14.0 Å². The molecule has 3 aliphatic rings. The van der Waals surface area contributed by atoms with Crippen LogP contribution in [0.15, 0.2) is 4.52 Å². The lowest BCUT2D eigenvalue weighted by atomic mass is 9.96. The van der Waals surface area contributed by atoms with E-state index in [0.29, 0.717) is 11.8 Å². The van der Waals surface area contributed by atoms with Gasteiger partial charge < -0.3 is 18.9 Å². The second-order valence-corrected chi connectivity index (χ2v) is 7.05. The van der Waals surface area contributed by atoms with Crippen LogP contribution in [0.4, 0.5) is 0 Å². The second-order valence-electron chi connectivity index (χ2n) is 7.05. The van der Waals surface area contributed by atoms with Gasteiger partial charge in [0.15, 0.2) is 12.1 Å². The molecule has 1 atom stereocenters. The fraction of sp³-hybridized carbons (Fsp3) is 0.882. The van der Waals surface area contributed by atoms with Gasteiger partial charge in [-0.05, 0) is 58.0 Å². The van der Waals surface area contributed by atoms with Crippen molar-refractivity contribution in [3.63, 3.8) is 0 Å². The Hall–Kier alpha value is -0.980. The Kier molecular flexibility index (Phi) is 4.92. The zero-order chi connectivity index (χ0) is 15.5. The molecule has 0 amide bonds. The lowest BCUT2D eigenvalue weighted by Crippen LogP contribution is -2.36. The lowest BCUT2D eigenvalue weighted by Gasteiger charge is -2.31. The van der Waals surface area contributed by atoms with Crippen LogP contribution in [0, 0.1) is 0 Å². The van der Waals surface area contributed by atoms with Crippen molar-refractivity contribution in [3.8, 4) is 0 Å². The number of ether oxygens (including phenoxy) is 2. The summed E-state index contributed by atoms with van der Waals surface area (Å²) in [5.74, 6) is 2.81. The molecular formula is C17H27N3O3. The maximum atomic E-state index is 5.83. The van der Waals surface area contributed by atoms with Crippen molar-refractivity contribution in [1.82, 2.24) is 15.0 Å². The summed E-state index contributed by atoms with van der Waals surface area (Å²) in [5.41, 5.74) is 0. The molecule has 0 spiro atoms. The van der Waals surface area contributed by atoms with Crippen LogP contribution in [0.5, 0.6) is 0 Å². The third kappa shape index (κ3) is 4.11. The Balaban J connectivity index is 1.16. The van der Waals surface area contributed by atoms with E-state index in [9.17, 15) is 0 Å². The largest absolute Gasteiger partial charge is 0.353 e. The minimum atomic E-state index is 0.0291. The number of aromatic nitrogens is 2. The van der Waals surface area contributed by atoms with E-state index in [4.69, 9.17) is 14.0 Å². The van der Waals surface area contributed by atoms with Gasteiger partial charge in [0.25, 0.3) is 0 Å². The standard InChI is InChI=1S/C17H27N3O3/c1-2-11-21-15(3-1)22-12-10-20-8-6-13(7-9-20)16-18-17(23-19-16)14-4-5-14/h13-15H,1-12H2. The van der Waals surface area contributed by atoms with Crippen molar-refractivity contribution in [2.45, 2.75) is 63.1 Å². The molecule has 6 heteroatoms. The van der Waals surface area contributed by atoms with Crippen LogP contribution in [-0.2, 0) is 9.47 Å². The summed E-state index contributed by atoms with van der Waals surface area (Å²) in [5, 5.41) is 4.20. The lowest BCUT2D eigenvalue weighted by molar-refractivity contribution is -0.164. The van der Waals surface area contributed by atoms with Gasteiger partial charge in [0.2, 0.25) is 5.89 Å². The summed E-state index contributed by atoms with van der Waals surface area (Å²) < 4.78 is 16.8. The Bertz CT molecular complexity index is 489. The summed E-state index contributed by atoms with van der Waals surface area (Å²) in [6.07, 6.45) is 8.13. The molecule has 3 fully saturated rings. The van der Waals surface area contributed by atoms with Crippen LogP contribution in [0.2, 0.25) is 0 Å². The minimum Gasteiger partial charge on any atom is -0.353 e. The molecule has 23 heavy (non-hydrogen) atoms. The van der Waals surface area contributed by atoms with Gasteiger partial charge in [-0.25, -0.2) is 0 Å². The number of nitrogens with zero attached hydrogens (tertiary/aromatic N) is 3. The Labute approximate surface area is 137 Å². The van der Waals surface area contributed by atoms with E-state index in [1.165, 1.54) is 25.7 Å². The van der Waals surface area contributed by atoms with Crippen LogP contribution < -0.4 is 0 Å². The first-order valence-electron chi connectivity index (χ1n) is 9.17. The summed E-state index contributed by atoms with van der Waals surface area (Å²) >= 11 is 0. The molecule has 0 radical (unpaired) electrons. The first-order valence-corrected chi connectivity index (χ1v) is 9.17. The molecule has 0 N–H and O–H groups in total. The molecule has 128 valence electrons. The molecule has 2 aliphatic heterocycles. The van der Waals surface area contributed by atoms with E-state index < -0.39 is 0 Å². The third-order valence-electron chi connectivity index (χ3n) is 5.19. The summed E-state index contributed by atoms with van der Waals surface area (Å²) in [6.45, 7) is 4.79. The van der Waals surface area contributed by atoms with Crippen LogP contribution in [0.1, 0.15) is 68.5 Å². The second kappa shape index (κ2) is 7.28. The van der Waals surface area contributed by atoms with Crippen molar-refractivity contribution in [2.75, 3.05) is 32.8 Å². The molecule has 1 aromatic rings. The van der Waals surface area contributed by atoms with Crippen molar-refractivity contribution >= 4 is 0 Å². The van der Waals surface area contributed by atoms with E-state index in [2.05, 4.69) is 15.0 Å². The monoisotopic (exact) mass is 321 g/mol. The predicted octanol–water partition coefficient (Wildman–Crippen LogP) is 2.67. The van der Waals surface area contributed by atoms with Gasteiger partial charge in [0, 0.05) is 25.0 Å². The Morgan fingerprint density at radius 3 is 2.65 bits per heavy atom. The van der Waals surface area contributed by atoms with Crippen LogP contribution in [0.25, 0.3) is 0 Å². The summed E-state index contributed by atoms with van der Waals surface area (Å²) in [4.78, 5) is 7.08. The molecule has 1 aliphatic carbocycles. The molecule has 2 saturated heterocycles. The first kappa shape index (κ1) is 15.5. The molecule has 0 aromatic carbocycles. The number of hydrogen-bond acceptors (Lipinski definition) is 6. The predicted molar refractivity (Wildman–Crippen MR) is 84.2 cm³/mol. The molecular weight excluding hydrogens is 294 g/mol. The van der Waals surface area contributed by atoms with Gasteiger partial charge in [-0.15, -0.1) is 0 Å². The summed E-state index contributed by atoms with van der Waals surface area (Å²) in [6, 6.07) is 0. The zero-order valence-corrected chi connectivity index (χ0v) is 13.8. The van der Waals surface area contributed by atoms with Crippen molar-refractivity contribution in [1.29, 1.82) is 0 Å². The van der Waals surface area contributed by atoms with E-state index in [1.54, 1.807) is 0 Å². The van der Waals surface area contributed by atoms with E-state index in [-0.39, 0.29) is 6.29 Å². The first-order chi connectivity index (χ1) is 11.4. The highest BCUT2D eigenvalue weighted by atomic mass is 16.7. The van der Waals surface area contributed by atoms with Gasteiger partial charge in [-0.1, -0.05) is 5.16 Å². The van der Waals surface area contributed by atoms with Gasteiger partial charge >= 0.3 is 0 Å². The fourth-order valence-corrected chi connectivity index (χ4v) is 3.48. The molecule has 1 unspecified atom stereocenters. The highest BCUT2D eigenvalue weighted by Gasteiger charge is 2.31. The van der Waals surface area contributed by atoms with Crippen molar-refractivity contribution in [2.24, 2.45) is 0 Å². The van der Waals surface area contributed by atoms with E-state index in [1.807, 2.05) is 0 Å². The van der Waals surface area contributed by atoms with Gasteiger partial charge in [-0.3, -0.25) is 0 Å². The number of rotatable bonds is 6. The average Bonchev–Trinajstić information content (AvgIpc) is 3.34. The number of likely N-dealkylation sites (tertiary alicyclic amines) is 1. The summed E-state index contributed by atoms with van der Waals surface area (Å²) in [7, 11) is 0. The maximum Gasteiger partial charge on any atom is 0.229 e. The molecule has 1 saturated carbocycles. The van der Waals surface area contributed by atoms with Crippen molar-refractivity contribution in [3.05, 3.63) is 11.7 Å². The third-order valence-corrected chi connectivity index (χ3v) is 5.19. The highest BCUT2D eigenvalue weighted by molar-refractivity contribution is 5.05. The van der Waals surface area contributed by atoms with Crippen LogP contribution >= 0.6 is 0 Å². The van der Waals surface area contributed by atoms with Gasteiger partial charge in [-0.2, -0.15) is 4.98 Å². The average molecular weight is 321 g/mol. The number of piperidine rings is 1. The van der Waals surface area contributed by atoms with Gasteiger partial charge in [0.1, 0.15) is 0 Å². The number of hydrogen-bond donors (Lipinski definition) is 0. The quantitative estimate of drug-likeness (QED) is 0.803. The Morgan fingerprint density at radius 1 is 1.04 bits per heavy atom. The SMILES string of the molecule is C1CCC(OCCN2CCC(c3noc(C4CC4)n3)CC2)OC1. The normalized spacial score (nSPS) is 27.4. The smallest absolute Gasteiger partial charge is 0.229 e. The van der Waals surface area contributed by atoms with Gasteiger partial charge in [0.05, 0.1) is 6.61 Å². The molecule has 3 heterocycles.